The van der Waals surface area contributed by atoms with Gasteiger partial charge in [-0.3, -0.25) is 4.79 Å². The van der Waals surface area contributed by atoms with E-state index < -0.39 is 0 Å². The molecule has 28 heavy (non-hydrogen) atoms. The van der Waals surface area contributed by atoms with Crippen molar-refractivity contribution >= 4 is 29.0 Å². The van der Waals surface area contributed by atoms with Crippen molar-refractivity contribution in [2.24, 2.45) is 0 Å². The largest absolute Gasteiger partial charge is 0.495 e. The van der Waals surface area contributed by atoms with E-state index in [0.717, 1.165) is 5.56 Å². The molecule has 0 atom stereocenters. The van der Waals surface area contributed by atoms with Crippen LogP contribution in [0.4, 0.5) is 11.5 Å². The Labute approximate surface area is 167 Å². The Hall–Kier alpha value is -3.32. The van der Waals surface area contributed by atoms with Crippen molar-refractivity contribution in [1.29, 1.82) is 0 Å². The van der Waals surface area contributed by atoms with Crippen LogP contribution in [0, 0.1) is 0 Å². The fraction of sp³-hybridized carbons (Fsp3) is 0.150. The molecule has 2 N–H and O–H groups in total. The lowest BCUT2D eigenvalue weighted by molar-refractivity contribution is 0.0945. The fourth-order valence-electron chi connectivity index (χ4n) is 2.47. The smallest absolute Gasteiger partial charge is 0.271 e. The molecule has 0 bridgehead atoms. The first kappa shape index (κ1) is 19.4. The number of nitrogens with zero attached hydrogens (tertiary/aromatic N) is 2. The third kappa shape index (κ3) is 4.69. The SMILES string of the molecule is COc1cc(Nc2cnc(C(=O)NCc3ccccc3)cn2)c(OC)cc1Cl. The van der Waals surface area contributed by atoms with Crippen molar-refractivity contribution in [3.05, 3.63) is 71.1 Å². The van der Waals surface area contributed by atoms with E-state index in [1.165, 1.54) is 26.6 Å². The molecule has 8 heteroatoms. The quantitative estimate of drug-likeness (QED) is 0.629. The normalized spacial score (nSPS) is 10.2. The lowest BCUT2D eigenvalue weighted by Crippen LogP contribution is -2.24. The Morgan fingerprint density at radius 3 is 2.43 bits per heavy atom. The van der Waals surface area contributed by atoms with E-state index in [1.807, 2.05) is 30.3 Å². The van der Waals surface area contributed by atoms with Crippen molar-refractivity contribution in [3.63, 3.8) is 0 Å². The Bertz CT molecular complexity index is 950. The van der Waals surface area contributed by atoms with Crippen molar-refractivity contribution in [2.45, 2.75) is 6.54 Å². The highest BCUT2D eigenvalue weighted by atomic mass is 35.5. The summed E-state index contributed by atoms with van der Waals surface area (Å²) in [4.78, 5) is 20.6. The summed E-state index contributed by atoms with van der Waals surface area (Å²) in [6, 6.07) is 13.0. The molecule has 7 nitrogen and oxygen atoms in total. The lowest BCUT2D eigenvalue weighted by Gasteiger charge is -2.13. The Morgan fingerprint density at radius 2 is 1.79 bits per heavy atom. The van der Waals surface area contributed by atoms with Crippen LogP contribution in [0.5, 0.6) is 11.5 Å². The molecule has 1 heterocycles. The van der Waals surface area contributed by atoms with Crippen LogP contribution >= 0.6 is 11.6 Å². The maximum absolute atomic E-state index is 12.2. The molecule has 0 aliphatic carbocycles. The summed E-state index contributed by atoms with van der Waals surface area (Å²) in [6.45, 7) is 0.420. The average Bonchev–Trinajstić information content (AvgIpc) is 2.74. The molecule has 2 aromatic carbocycles. The number of carbonyl (C=O) groups is 1. The zero-order chi connectivity index (χ0) is 19.9. The third-order valence-corrected chi connectivity index (χ3v) is 4.21. The highest BCUT2D eigenvalue weighted by molar-refractivity contribution is 6.32. The molecule has 3 rings (SSSR count). The first-order valence-electron chi connectivity index (χ1n) is 8.43. The second-order valence-electron chi connectivity index (χ2n) is 5.77. The number of anilines is 2. The number of methoxy groups -OCH3 is 2. The molecular weight excluding hydrogens is 380 g/mol. The second kappa shape index (κ2) is 9.05. The topological polar surface area (TPSA) is 85.4 Å². The Kier molecular flexibility index (Phi) is 6.29. The summed E-state index contributed by atoms with van der Waals surface area (Å²) < 4.78 is 10.5. The predicted molar refractivity (Wildman–Crippen MR) is 107 cm³/mol. The van der Waals surface area contributed by atoms with Crippen LogP contribution in [0.1, 0.15) is 16.1 Å². The lowest BCUT2D eigenvalue weighted by atomic mass is 10.2. The van der Waals surface area contributed by atoms with Crippen LogP contribution in [0.15, 0.2) is 54.9 Å². The molecule has 0 saturated carbocycles. The minimum Gasteiger partial charge on any atom is -0.495 e. The monoisotopic (exact) mass is 398 g/mol. The van der Waals surface area contributed by atoms with Crippen LogP contribution in [0.3, 0.4) is 0 Å². The summed E-state index contributed by atoms with van der Waals surface area (Å²) >= 11 is 6.11. The van der Waals surface area contributed by atoms with Crippen molar-refractivity contribution < 1.29 is 14.3 Å². The van der Waals surface area contributed by atoms with Crippen LogP contribution in [-0.4, -0.2) is 30.1 Å². The summed E-state index contributed by atoms with van der Waals surface area (Å²) in [7, 11) is 3.06. The van der Waals surface area contributed by atoms with Gasteiger partial charge in [-0.15, -0.1) is 0 Å². The number of carbonyl (C=O) groups excluding carboxylic acids is 1. The van der Waals surface area contributed by atoms with Crippen LogP contribution in [0.25, 0.3) is 0 Å². The highest BCUT2D eigenvalue weighted by Crippen LogP contribution is 2.36. The summed E-state index contributed by atoms with van der Waals surface area (Å²) in [5, 5.41) is 6.32. The van der Waals surface area contributed by atoms with Gasteiger partial charge in [0.15, 0.2) is 0 Å². The highest BCUT2D eigenvalue weighted by Gasteiger charge is 2.12. The Morgan fingerprint density at radius 1 is 1.04 bits per heavy atom. The summed E-state index contributed by atoms with van der Waals surface area (Å²) in [5.74, 6) is 1.17. The molecule has 1 amide bonds. The maximum Gasteiger partial charge on any atom is 0.271 e. The van der Waals surface area contributed by atoms with Gasteiger partial charge in [0.1, 0.15) is 23.0 Å². The minimum atomic E-state index is -0.298. The number of rotatable bonds is 7. The first-order chi connectivity index (χ1) is 13.6. The van der Waals surface area contributed by atoms with Gasteiger partial charge in [-0.2, -0.15) is 0 Å². The van der Waals surface area contributed by atoms with Gasteiger partial charge in [0.2, 0.25) is 0 Å². The van der Waals surface area contributed by atoms with E-state index in [9.17, 15) is 4.79 Å². The number of nitrogens with one attached hydrogen (secondary N) is 2. The number of aromatic nitrogens is 2. The van der Waals surface area contributed by atoms with Crippen LogP contribution in [-0.2, 0) is 6.54 Å². The zero-order valence-corrected chi connectivity index (χ0v) is 16.2. The average molecular weight is 399 g/mol. The molecule has 0 saturated heterocycles. The number of hydrogen-bond donors (Lipinski definition) is 2. The van der Waals surface area contributed by atoms with Gasteiger partial charge >= 0.3 is 0 Å². The van der Waals surface area contributed by atoms with E-state index >= 15 is 0 Å². The van der Waals surface area contributed by atoms with Crippen LogP contribution < -0.4 is 20.1 Å². The molecular formula is C20H19ClN4O3. The molecule has 0 aliphatic rings. The molecule has 0 aliphatic heterocycles. The van der Waals surface area contributed by atoms with Gasteiger partial charge in [-0.25, -0.2) is 9.97 Å². The standard InChI is InChI=1S/C20H19ClN4O3/c1-27-17-9-15(18(28-2)8-14(17)21)25-19-12-22-16(11-23-19)20(26)24-10-13-6-4-3-5-7-13/h3-9,11-12H,10H2,1-2H3,(H,23,25)(H,24,26). The fourth-order valence-corrected chi connectivity index (χ4v) is 2.71. The van der Waals surface area contributed by atoms with E-state index in [2.05, 4.69) is 20.6 Å². The molecule has 0 radical (unpaired) electrons. The second-order valence-corrected chi connectivity index (χ2v) is 6.17. The predicted octanol–water partition coefficient (Wildman–Crippen LogP) is 3.82. The van der Waals surface area contributed by atoms with Gasteiger partial charge in [0.05, 0.1) is 37.3 Å². The summed E-state index contributed by atoms with van der Waals surface area (Å²) in [5.41, 5.74) is 1.84. The van der Waals surface area contributed by atoms with Gasteiger partial charge in [0.25, 0.3) is 5.91 Å². The van der Waals surface area contributed by atoms with Crippen LogP contribution in [0.2, 0.25) is 5.02 Å². The van der Waals surface area contributed by atoms with Gasteiger partial charge < -0.3 is 20.1 Å². The van der Waals surface area contributed by atoms with E-state index in [4.69, 9.17) is 21.1 Å². The molecule has 3 aromatic rings. The molecule has 1 aromatic heterocycles. The number of amides is 1. The van der Waals surface area contributed by atoms with E-state index in [0.29, 0.717) is 34.6 Å². The van der Waals surface area contributed by atoms with E-state index in [1.54, 1.807) is 12.1 Å². The molecule has 144 valence electrons. The van der Waals surface area contributed by atoms with E-state index in [-0.39, 0.29) is 11.6 Å². The van der Waals surface area contributed by atoms with Gasteiger partial charge in [0, 0.05) is 18.7 Å². The minimum absolute atomic E-state index is 0.224. The molecule has 0 spiro atoms. The van der Waals surface area contributed by atoms with Gasteiger partial charge in [-0.05, 0) is 5.56 Å². The Balaban J connectivity index is 1.68. The first-order valence-corrected chi connectivity index (χ1v) is 8.81. The van der Waals surface area contributed by atoms with Crippen molar-refractivity contribution in [2.75, 3.05) is 19.5 Å². The number of halogens is 1. The summed E-state index contributed by atoms with van der Waals surface area (Å²) in [6.07, 6.45) is 2.88. The molecule has 0 unspecified atom stereocenters. The maximum atomic E-state index is 12.2. The van der Waals surface area contributed by atoms with Gasteiger partial charge in [-0.1, -0.05) is 41.9 Å². The number of hydrogen-bond acceptors (Lipinski definition) is 6. The molecule has 0 fully saturated rings. The number of ether oxygens (including phenoxy) is 2. The van der Waals surface area contributed by atoms with Crippen molar-refractivity contribution in [1.82, 2.24) is 15.3 Å². The third-order valence-electron chi connectivity index (χ3n) is 3.92. The van der Waals surface area contributed by atoms with Crippen molar-refractivity contribution in [3.8, 4) is 11.5 Å². The number of benzene rings is 2. The zero-order valence-electron chi connectivity index (χ0n) is 15.4.